The van der Waals surface area contributed by atoms with Crippen molar-refractivity contribution < 1.29 is 4.79 Å². The molecule has 1 amide bonds. The molecule has 4 nitrogen and oxygen atoms in total. The molecule has 1 aliphatic heterocycles. The summed E-state index contributed by atoms with van der Waals surface area (Å²) in [6.07, 6.45) is 2.29. The van der Waals surface area contributed by atoms with Gasteiger partial charge in [0, 0.05) is 10.9 Å². The maximum Gasteiger partial charge on any atom is 0.248 e. The molecule has 0 radical (unpaired) electrons. The highest BCUT2D eigenvalue weighted by Crippen LogP contribution is 2.29. The van der Waals surface area contributed by atoms with E-state index in [0.717, 1.165) is 42.8 Å². The number of nitrogens with zero attached hydrogens (tertiary/aromatic N) is 2. The standard InChI is InChI=1S/C21H21N3OS/c25-20(19(24-13-7-8-14-24)17-11-5-2-6-12-17)23-21-22-18(15-26-21)16-9-3-1-4-10-16/h1-6,9-12,15,19H,7-8,13-14H2,(H,22,23,25). The van der Waals surface area contributed by atoms with Crippen LogP contribution in [0.1, 0.15) is 24.4 Å². The van der Waals surface area contributed by atoms with Crippen LogP contribution >= 0.6 is 11.3 Å². The van der Waals surface area contributed by atoms with Gasteiger partial charge in [0.1, 0.15) is 6.04 Å². The number of anilines is 1. The maximum atomic E-state index is 13.1. The molecule has 1 aliphatic rings. The lowest BCUT2D eigenvalue weighted by atomic mass is 10.0. The fourth-order valence-corrected chi connectivity index (χ4v) is 4.13. The van der Waals surface area contributed by atoms with E-state index >= 15 is 0 Å². The first-order valence-electron chi connectivity index (χ1n) is 8.92. The predicted octanol–water partition coefficient (Wildman–Crippen LogP) is 4.59. The third-order valence-electron chi connectivity index (χ3n) is 4.67. The van der Waals surface area contributed by atoms with Crippen molar-refractivity contribution in [1.29, 1.82) is 0 Å². The first-order valence-corrected chi connectivity index (χ1v) is 9.80. The lowest BCUT2D eigenvalue weighted by Gasteiger charge is -2.26. The number of rotatable bonds is 5. The Morgan fingerprint density at radius 1 is 1.00 bits per heavy atom. The van der Waals surface area contributed by atoms with Gasteiger partial charge in [-0.15, -0.1) is 11.3 Å². The molecule has 1 N–H and O–H groups in total. The molecule has 3 aromatic rings. The summed E-state index contributed by atoms with van der Waals surface area (Å²) in [5, 5.41) is 5.67. The van der Waals surface area contributed by atoms with Crippen molar-refractivity contribution in [3.63, 3.8) is 0 Å². The van der Waals surface area contributed by atoms with Gasteiger partial charge in [0.05, 0.1) is 5.69 Å². The van der Waals surface area contributed by atoms with Crippen LogP contribution < -0.4 is 5.32 Å². The molecule has 132 valence electrons. The van der Waals surface area contributed by atoms with Gasteiger partial charge in [-0.25, -0.2) is 4.98 Å². The van der Waals surface area contributed by atoms with E-state index in [1.54, 1.807) is 0 Å². The number of carbonyl (C=O) groups is 1. The zero-order chi connectivity index (χ0) is 17.8. The zero-order valence-electron chi connectivity index (χ0n) is 14.5. The SMILES string of the molecule is O=C(Nc1nc(-c2ccccc2)cs1)C(c1ccccc1)N1CCCC1. The third kappa shape index (κ3) is 3.69. The molecule has 1 saturated heterocycles. The Morgan fingerprint density at radius 3 is 2.35 bits per heavy atom. The summed E-state index contributed by atoms with van der Waals surface area (Å²) in [7, 11) is 0. The summed E-state index contributed by atoms with van der Waals surface area (Å²) < 4.78 is 0. The minimum absolute atomic E-state index is 0.00735. The Kier molecular flexibility index (Phi) is 5.09. The van der Waals surface area contributed by atoms with Crippen molar-refractivity contribution in [2.24, 2.45) is 0 Å². The number of benzene rings is 2. The van der Waals surface area contributed by atoms with E-state index in [2.05, 4.69) is 15.2 Å². The van der Waals surface area contributed by atoms with Crippen LogP contribution in [0, 0.1) is 0 Å². The Balaban J connectivity index is 1.54. The van der Waals surface area contributed by atoms with Crippen LogP contribution in [0.15, 0.2) is 66.0 Å². The summed E-state index contributed by atoms with van der Waals surface area (Å²) in [6.45, 7) is 1.92. The van der Waals surface area contributed by atoms with Gasteiger partial charge in [0.15, 0.2) is 5.13 Å². The number of nitrogens with one attached hydrogen (secondary N) is 1. The van der Waals surface area contributed by atoms with Gasteiger partial charge in [-0.3, -0.25) is 9.69 Å². The first-order chi connectivity index (χ1) is 12.8. The van der Waals surface area contributed by atoms with E-state index in [0.29, 0.717) is 5.13 Å². The average molecular weight is 363 g/mol. The first kappa shape index (κ1) is 16.9. The second-order valence-electron chi connectivity index (χ2n) is 6.45. The molecule has 1 aromatic heterocycles. The van der Waals surface area contributed by atoms with Crippen molar-refractivity contribution in [2.75, 3.05) is 18.4 Å². The van der Waals surface area contributed by atoms with Crippen molar-refractivity contribution in [3.8, 4) is 11.3 Å². The van der Waals surface area contributed by atoms with Crippen LogP contribution in [-0.4, -0.2) is 28.9 Å². The summed E-state index contributed by atoms with van der Waals surface area (Å²) in [5.74, 6) is -0.00735. The summed E-state index contributed by atoms with van der Waals surface area (Å²) in [5.41, 5.74) is 2.98. The highest BCUT2D eigenvalue weighted by atomic mass is 32.1. The van der Waals surface area contributed by atoms with Gasteiger partial charge in [0.25, 0.3) is 0 Å². The van der Waals surface area contributed by atoms with E-state index in [-0.39, 0.29) is 11.9 Å². The maximum absolute atomic E-state index is 13.1. The van der Waals surface area contributed by atoms with Gasteiger partial charge in [-0.2, -0.15) is 0 Å². The smallest absolute Gasteiger partial charge is 0.248 e. The van der Waals surface area contributed by atoms with Crippen molar-refractivity contribution in [1.82, 2.24) is 9.88 Å². The fourth-order valence-electron chi connectivity index (χ4n) is 3.41. The quantitative estimate of drug-likeness (QED) is 0.721. The average Bonchev–Trinajstić information content (AvgIpc) is 3.36. The van der Waals surface area contributed by atoms with Crippen LogP contribution in [0.2, 0.25) is 0 Å². The molecule has 2 aromatic carbocycles. The number of likely N-dealkylation sites (tertiary alicyclic amines) is 1. The molecule has 0 spiro atoms. The Bertz CT molecular complexity index is 857. The number of hydrogen-bond donors (Lipinski definition) is 1. The zero-order valence-corrected chi connectivity index (χ0v) is 15.3. The highest BCUT2D eigenvalue weighted by Gasteiger charge is 2.30. The predicted molar refractivity (Wildman–Crippen MR) is 106 cm³/mol. The van der Waals surface area contributed by atoms with Crippen LogP contribution in [0.4, 0.5) is 5.13 Å². The van der Waals surface area contributed by atoms with E-state index in [4.69, 9.17) is 0 Å². The second-order valence-corrected chi connectivity index (χ2v) is 7.31. The Labute approximate surface area is 157 Å². The van der Waals surface area contributed by atoms with Crippen LogP contribution in [0.3, 0.4) is 0 Å². The molecule has 1 fully saturated rings. The molecule has 2 heterocycles. The van der Waals surface area contributed by atoms with Crippen LogP contribution in [-0.2, 0) is 4.79 Å². The van der Waals surface area contributed by atoms with Gasteiger partial charge in [-0.1, -0.05) is 60.7 Å². The molecule has 4 rings (SSSR count). The van der Waals surface area contributed by atoms with Crippen LogP contribution in [0.5, 0.6) is 0 Å². The number of hydrogen-bond acceptors (Lipinski definition) is 4. The minimum Gasteiger partial charge on any atom is -0.300 e. The molecule has 0 aliphatic carbocycles. The number of aromatic nitrogens is 1. The number of amides is 1. The largest absolute Gasteiger partial charge is 0.300 e. The number of thiazole rings is 1. The summed E-state index contributed by atoms with van der Waals surface area (Å²) in [4.78, 5) is 19.9. The molecule has 5 heteroatoms. The van der Waals surface area contributed by atoms with Crippen molar-refractivity contribution in [2.45, 2.75) is 18.9 Å². The molecule has 26 heavy (non-hydrogen) atoms. The van der Waals surface area contributed by atoms with Crippen LogP contribution in [0.25, 0.3) is 11.3 Å². The summed E-state index contributed by atoms with van der Waals surface area (Å²) >= 11 is 1.47. The van der Waals surface area contributed by atoms with Crippen molar-refractivity contribution in [3.05, 3.63) is 71.6 Å². The van der Waals surface area contributed by atoms with E-state index in [9.17, 15) is 4.79 Å². The lowest BCUT2D eigenvalue weighted by Crippen LogP contribution is -2.35. The number of carbonyl (C=O) groups excluding carboxylic acids is 1. The topological polar surface area (TPSA) is 45.2 Å². The lowest BCUT2D eigenvalue weighted by molar-refractivity contribution is -0.121. The molecular weight excluding hydrogens is 342 g/mol. The Hall–Kier alpha value is -2.50. The molecule has 1 atom stereocenters. The fraction of sp³-hybridized carbons (Fsp3) is 0.238. The minimum atomic E-state index is -0.261. The second kappa shape index (κ2) is 7.81. The molecular formula is C21H21N3OS. The van der Waals surface area contributed by atoms with Gasteiger partial charge in [-0.05, 0) is 31.5 Å². The highest BCUT2D eigenvalue weighted by molar-refractivity contribution is 7.14. The molecule has 0 bridgehead atoms. The van der Waals surface area contributed by atoms with E-state index in [1.165, 1.54) is 11.3 Å². The normalized spacial score (nSPS) is 15.7. The van der Waals surface area contributed by atoms with E-state index in [1.807, 2.05) is 66.0 Å². The molecule has 1 unspecified atom stereocenters. The monoisotopic (exact) mass is 363 g/mol. The van der Waals surface area contributed by atoms with Gasteiger partial charge < -0.3 is 5.32 Å². The van der Waals surface area contributed by atoms with E-state index < -0.39 is 0 Å². The third-order valence-corrected chi connectivity index (χ3v) is 5.43. The Morgan fingerprint density at radius 2 is 1.65 bits per heavy atom. The molecule has 0 saturated carbocycles. The van der Waals surface area contributed by atoms with Gasteiger partial charge in [0.2, 0.25) is 5.91 Å². The van der Waals surface area contributed by atoms with Gasteiger partial charge >= 0.3 is 0 Å². The summed E-state index contributed by atoms with van der Waals surface area (Å²) in [6, 6.07) is 19.8. The van der Waals surface area contributed by atoms with Crippen molar-refractivity contribution >= 4 is 22.4 Å².